The molecule has 0 bridgehead atoms. The second-order valence-corrected chi connectivity index (χ2v) is 2.89. The minimum atomic E-state index is 0.599. The number of nitrogens with zero attached hydrogens (tertiary/aromatic N) is 4. The van der Waals surface area contributed by atoms with Crippen LogP contribution in [-0.2, 0) is 0 Å². The summed E-state index contributed by atoms with van der Waals surface area (Å²) in [7, 11) is 0. The second-order valence-electron chi connectivity index (χ2n) is 2.89. The molecule has 4 heteroatoms. The molecule has 0 fully saturated rings. The zero-order valence-corrected chi connectivity index (χ0v) is 7.68. The molecule has 0 radical (unpaired) electrons. The molecule has 68 valence electrons. The van der Waals surface area contributed by atoms with E-state index in [-0.39, 0.29) is 0 Å². The Labute approximate surface area is 81.4 Å². The molecule has 2 aromatic rings. The highest BCUT2D eigenvalue weighted by Crippen LogP contribution is 2.09. The van der Waals surface area contributed by atoms with Crippen molar-refractivity contribution in [2.75, 3.05) is 0 Å². The van der Waals surface area contributed by atoms with Crippen LogP contribution in [0.5, 0.6) is 0 Å². The van der Waals surface area contributed by atoms with Crippen LogP contribution >= 0.6 is 0 Å². The van der Waals surface area contributed by atoms with Gasteiger partial charge in [-0.25, -0.2) is 4.68 Å². The van der Waals surface area contributed by atoms with E-state index in [9.17, 15) is 0 Å². The van der Waals surface area contributed by atoms with Crippen molar-refractivity contribution in [2.45, 2.75) is 6.92 Å². The van der Waals surface area contributed by atoms with Crippen LogP contribution in [0.2, 0.25) is 0 Å². The first-order valence-electron chi connectivity index (χ1n) is 4.18. The summed E-state index contributed by atoms with van der Waals surface area (Å²) in [5, 5.41) is 13.0. The zero-order chi connectivity index (χ0) is 9.97. The van der Waals surface area contributed by atoms with E-state index in [0.717, 1.165) is 11.4 Å². The predicted molar refractivity (Wildman–Crippen MR) is 50.8 cm³/mol. The normalized spacial score (nSPS) is 9.71. The first kappa shape index (κ1) is 8.45. The second kappa shape index (κ2) is 3.30. The topological polar surface area (TPSA) is 54.5 Å². The molecule has 0 aliphatic rings. The van der Waals surface area contributed by atoms with E-state index in [1.165, 1.54) is 0 Å². The number of aryl methyl sites for hydroxylation is 1. The van der Waals surface area contributed by atoms with Gasteiger partial charge in [0.1, 0.15) is 6.07 Å². The van der Waals surface area contributed by atoms with Gasteiger partial charge in [-0.3, -0.25) is 4.98 Å². The van der Waals surface area contributed by atoms with Gasteiger partial charge in [-0.2, -0.15) is 10.4 Å². The fraction of sp³-hybridized carbons (Fsp3) is 0.100. The van der Waals surface area contributed by atoms with Crippen molar-refractivity contribution >= 4 is 0 Å². The summed E-state index contributed by atoms with van der Waals surface area (Å²) >= 11 is 0. The molecule has 0 aromatic carbocycles. The Balaban J connectivity index is 2.50. The van der Waals surface area contributed by atoms with Crippen LogP contribution in [-0.4, -0.2) is 14.8 Å². The molecule has 0 saturated carbocycles. The van der Waals surface area contributed by atoms with Gasteiger partial charge in [0.2, 0.25) is 0 Å². The Bertz CT molecular complexity index is 479. The molecular formula is C10H8N4. The van der Waals surface area contributed by atoms with E-state index in [1.54, 1.807) is 23.3 Å². The number of pyridine rings is 1. The average molecular weight is 184 g/mol. The molecule has 0 N–H and O–H groups in total. The molecule has 0 unspecified atom stereocenters. The third-order valence-corrected chi connectivity index (χ3v) is 1.95. The molecule has 0 saturated heterocycles. The maximum absolute atomic E-state index is 8.76. The lowest BCUT2D eigenvalue weighted by atomic mass is 10.3. The Morgan fingerprint density at radius 1 is 1.36 bits per heavy atom. The van der Waals surface area contributed by atoms with Gasteiger partial charge in [-0.15, -0.1) is 0 Å². The summed E-state index contributed by atoms with van der Waals surface area (Å²) in [6.45, 7) is 1.82. The molecule has 4 nitrogen and oxygen atoms in total. The van der Waals surface area contributed by atoms with Crippen molar-refractivity contribution in [2.24, 2.45) is 0 Å². The van der Waals surface area contributed by atoms with Crippen molar-refractivity contribution in [3.63, 3.8) is 0 Å². The molecule has 0 spiro atoms. The zero-order valence-electron chi connectivity index (χ0n) is 7.68. The SMILES string of the molecule is Cc1nn(-c2ccncc2)cc1C#N. The third kappa shape index (κ3) is 1.36. The molecular weight excluding hydrogens is 176 g/mol. The Morgan fingerprint density at radius 3 is 2.64 bits per heavy atom. The van der Waals surface area contributed by atoms with Gasteiger partial charge < -0.3 is 0 Å². The van der Waals surface area contributed by atoms with Crippen LogP contribution in [0.1, 0.15) is 11.3 Å². The molecule has 0 aliphatic carbocycles. The fourth-order valence-electron chi connectivity index (χ4n) is 1.20. The Morgan fingerprint density at radius 2 is 2.07 bits per heavy atom. The summed E-state index contributed by atoms with van der Waals surface area (Å²) in [6, 6.07) is 5.77. The van der Waals surface area contributed by atoms with Gasteiger partial charge >= 0.3 is 0 Å². The van der Waals surface area contributed by atoms with Gasteiger partial charge in [-0.05, 0) is 19.1 Å². The lowest BCUT2D eigenvalue weighted by Crippen LogP contribution is -1.94. The maximum Gasteiger partial charge on any atom is 0.103 e. The van der Waals surface area contributed by atoms with E-state index >= 15 is 0 Å². The smallest absolute Gasteiger partial charge is 0.103 e. The van der Waals surface area contributed by atoms with Gasteiger partial charge in [-0.1, -0.05) is 0 Å². The standard InChI is InChI=1S/C10H8N4/c1-8-9(6-11)7-14(13-8)10-2-4-12-5-3-10/h2-5,7H,1H3. The lowest BCUT2D eigenvalue weighted by molar-refractivity contribution is 0.860. The van der Waals surface area contributed by atoms with E-state index < -0.39 is 0 Å². The monoisotopic (exact) mass is 184 g/mol. The molecule has 2 aromatic heterocycles. The minimum absolute atomic E-state index is 0.599. The summed E-state index contributed by atoms with van der Waals surface area (Å²) in [6.07, 6.45) is 5.10. The molecule has 2 rings (SSSR count). The van der Waals surface area contributed by atoms with E-state index in [4.69, 9.17) is 5.26 Å². The summed E-state index contributed by atoms with van der Waals surface area (Å²) in [4.78, 5) is 3.91. The van der Waals surface area contributed by atoms with Crippen LogP contribution in [0, 0.1) is 18.3 Å². The summed E-state index contributed by atoms with van der Waals surface area (Å²) in [5.74, 6) is 0. The molecule has 0 amide bonds. The Kier molecular flexibility index (Phi) is 1.99. The molecule has 0 atom stereocenters. The average Bonchev–Trinajstić information content (AvgIpc) is 2.61. The molecule has 2 heterocycles. The minimum Gasteiger partial charge on any atom is -0.265 e. The van der Waals surface area contributed by atoms with Crippen LogP contribution < -0.4 is 0 Å². The number of nitriles is 1. The van der Waals surface area contributed by atoms with Crippen LogP contribution in [0.4, 0.5) is 0 Å². The number of hydrogen-bond donors (Lipinski definition) is 0. The van der Waals surface area contributed by atoms with Crippen LogP contribution in [0.15, 0.2) is 30.7 Å². The van der Waals surface area contributed by atoms with Gasteiger partial charge in [0.25, 0.3) is 0 Å². The number of rotatable bonds is 1. The predicted octanol–water partition coefficient (Wildman–Crippen LogP) is 1.45. The number of hydrogen-bond acceptors (Lipinski definition) is 3. The first-order chi connectivity index (χ1) is 6.81. The largest absolute Gasteiger partial charge is 0.265 e. The lowest BCUT2D eigenvalue weighted by Gasteiger charge is -1.97. The molecule has 14 heavy (non-hydrogen) atoms. The van der Waals surface area contributed by atoms with E-state index in [2.05, 4.69) is 16.2 Å². The highest BCUT2D eigenvalue weighted by Gasteiger charge is 2.04. The highest BCUT2D eigenvalue weighted by atomic mass is 15.3. The van der Waals surface area contributed by atoms with Crippen molar-refractivity contribution < 1.29 is 0 Å². The van der Waals surface area contributed by atoms with E-state index in [0.29, 0.717) is 5.56 Å². The van der Waals surface area contributed by atoms with Crippen molar-refractivity contribution in [3.8, 4) is 11.8 Å². The highest BCUT2D eigenvalue weighted by molar-refractivity contribution is 5.35. The van der Waals surface area contributed by atoms with Crippen LogP contribution in [0.3, 0.4) is 0 Å². The number of aromatic nitrogens is 3. The van der Waals surface area contributed by atoms with Gasteiger partial charge in [0.05, 0.1) is 16.9 Å². The maximum atomic E-state index is 8.76. The van der Waals surface area contributed by atoms with Crippen molar-refractivity contribution in [1.82, 2.24) is 14.8 Å². The van der Waals surface area contributed by atoms with Crippen molar-refractivity contribution in [3.05, 3.63) is 42.0 Å². The van der Waals surface area contributed by atoms with Gasteiger partial charge in [0.15, 0.2) is 0 Å². The fourth-order valence-corrected chi connectivity index (χ4v) is 1.20. The molecule has 0 aliphatic heterocycles. The van der Waals surface area contributed by atoms with Crippen molar-refractivity contribution in [1.29, 1.82) is 5.26 Å². The summed E-state index contributed by atoms with van der Waals surface area (Å²) < 4.78 is 1.68. The third-order valence-electron chi connectivity index (χ3n) is 1.95. The quantitative estimate of drug-likeness (QED) is 0.674. The van der Waals surface area contributed by atoms with Crippen LogP contribution in [0.25, 0.3) is 5.69 Å². The first-order valence-corrected chi connectivity index (χ1v) is 4.18. The summed E-state index contributed by atoms with van der Waals surface area (Å²) in [5.41, 5.74) is 2.25. The van der Waals surface area contributed by atoms with E-state index in [1.807, 2.05) is 19.1 Å². The van der Waals surface area contributed by atoms with Gasteiger partial charge in [0, 0.05) is 18.6 Å². The Hall–Kier alpha value is -2.15.